The highest BCUT2D eigenvalue weighted by Crippen LogP contribution is 2.33. The summed E-state index contributed by atoms with van der Waals surface area (Å²) in [6.07, 6.45) is 1.13. The number of halogens is 1. The summed E-state index contributed by atoms with van der Waals surface area (Å²) < 4.78 is 15.6. The van der Waals surface area contributed by atoms with Gasteiger partial charge >= 0.3 is 0 Å². The minimum atomic E-state index is -0.974. The lowest BCUT2D eigenvalue weighted by Crippen LogP contribution is -2.37. The summed E-state index contributed by atoms with van der Waals surface area (Å²) in [4.78, 5) is 13.9. The molecule has 1 fully saturated rings. The number of nitrogens with zero attached hydrogens (tertiary/aromatic N) is 3. The Morgan fingerprint density at radius 2 is 2.12 bits per heavy atom. The normalized spacial score (nSPS) is 21.8. The largest absolute Gasteiger partial charge is 0.387 e. The number of hydrogen-bond acceptors (Lipinski definition) is 4. The van der Waals surface area contributed by atoms with Crippen LogP contribution in [0.4, 0.5) is 4.39 Å². The van der Waals surface area contributed by atoms with Crippen LogP contribution in [0, 0.1) is 12.7 Å². The fourth-order valence-corrected chi connectivity index (χ4v) is 3.40. The average Bonchev–Trinajstić information content (AvgIpc) is 3.06. The first-order chi connectivity index (χ1) is 11.9. The number of aryl methyl sites for hydroxylation is 1. The van der Waals surface area contributed by atoms with Crippen LogP contribution in [-0.2, 0) is 11.8 Å². The Hall–Kier alpha value is -2.25. The number of aliphatic hydroxyl groups is 1. The third kappa shape index (κ3) is 3.29. The van der Waals surface area contributed by atoms with Crippen molar-refractivity contribution in [3.8, 4) is 0 Å². The Bertz CT molecular complexity index is 776. The van der Waals surface area contributed by atoms with E-state index in [-0.39, 0.29) is 30.1 Å². The van der Waals surface area contributed by atoms with E-state index in [4.69, 9.17) is 0 Å². The minimum absolute atomic E-state index is 0.0335. The molecule has 1 aromatic heterocycles. The maximum absolute atomic E-state index is 13.8. The molecule has 0 bridgehead atoms. The first-order valence-corrected chi connectivity index (χ1v) is 8.30. The second kappa shape index (κ2) is 6.93. The van der Waals surface area contributed by atoms with E-state index in [1.54, 1.807) is 41.0 Å². The van der Waals surface area contributed by atoms with Crippen LogP contribution in [0.15, 0.2) is 30.5 Å². The third-order valence-electron chi connectivity index (χ3n) is 5.02. The molecule has 0 unspecified atom stereocenters. The zero-order valence-electron chi connectivity index (χ0n) is 14.6. The summed E-state index contributed by atoms with van der Waals surface area (Å²) in [5.41, 5.74) is 2.23. The van der Waals surface area contributed by atoms with E-state index in [2.05, 4.69) is 10.4 Å². The van der Waals surface area contributed by atoms with E-state index in [9.17, 15) is 14.3 Å². The van der Waals surface area contributed by atoms with Gasteiger partial charge in [0.05, 0.1) is 18.3 Å². The van der Waals surface area contributed by atoms with E-state index in [1.165, 1.54) is 6.07 Å². The SMILES string of the molecule is Cc1c([C@H]2[C@H](NC[C@@H](O)c3ccccc3F)CC(=O)N2C)cnn1C. The van der Waals surface area contributed by atoms with Crippen LogP contribution < -0.4 is 5.32 Å². The zero-order chi connectivity index (χ0) is 18.1. The number of benzene rings is 1. The fourth-order valence-electron chi connectivity index (χ4n) is 3.40. The lowest BCUT2D eigenvalue weighted by Gasteiger charge is -2.26. The maximum Gasteiger partial charge on any atom is 0.224 e. The van der Waals surface area contributed by atoms with Crippen LogP contribution in [0.1, 0.15) is 35.4 Å². The van der Waals surface area contributed by atoms with E-state index in [1.807, 2.05) is 14.0 Å². The molecule has 6 nitrogen and oxygen atoms in total. The molecule has 0 radical (unpaired) electrons. The number of aromatic nitrogens is 2. The zero-order valence-corrected chi connectivity index (χ0v) is 14.6. The molecule has 2 heterocycles. The first-order valence-electron chi connectivity index (χ1n) is 8.30. The number of amides is 1. The Labute approximate surface area is 146 Å². The van der Waals surface area contributed by atoms with Crippen molar-refractivity contribution in [2.24, 2.45) is 7.05 Å². The molecule has 0 saturated carbocycles. The Morgan fingerprint density at radius 3 is 2.76 bits per heavy atom. The number of nitrogens with one attached hydrogen (secondary N) is 1. The summed E-state index contributed by atoms with van der Waals surface area (Å²) in [5.74, 6) is -0.401. The van der Waals surface area contributed by atoms with Crippen LogP contribution in [0.25, 0.3) is 0 Å². The van der Waals surface area contributed by atoms with Crippen molar-refractivity contribution in [3.05, 3.63) is 53.1 Å². The summed E-state index contributed by atoms with van der Waals surface area (Å²) in [7, 11) is 3.63. The van der Waals surface area contributed by atoms with Crippen molar-refractivity contribution < 1.29 is 14.3 Å². The number of carbonyl (C=O) groups excluding carboxylic acids is 1. The number of hydrogen-bond donors (Lipinski definition) is 2. The number of aliphatic hydroxyl groups excluding tert-OH is 1. The van der Waals surface area contributed by atoms with Gasteiger partial charge in [0.1, 0.15) is 5.82 Å². The van der Waals surface area contributed by atoms with Crippen LogP contribution >= 0.6 is 0 Å². The quantitative estimate of drug-likeness (QED) is 0.860. The molecule has 2 N–H and O–H groups in total. The fraction of sp³-hybridized carbons (Fsp3) is 0.444. The van der Waals surface area contributed by atoms with Gasteiger partial charge in [0, 0.05) is 49.9 Å². The molecule has 1 saturated heterocycles. The van der Waals surface area contributed by atoms with E-state index < -0.39 is 11.9 Å². The molecule has 0 spiro atoms. The summed E-state index contributed by atoms with van der Waals surface area (Å²) in [6.45, 7) is 2.13. The van der Waals surface area contributed by atoms with Gasteiger partial charge in [0.2, 0.25) is 5.91 Å². The summed E-state index contributed by atoms with van der Waals surface area (Å²) >= 11 is 0. The van der Waals surface area contributed by atoms with Gasteiger partial charge in [-0.3, -0.25) is 9.48 Å². The number of likely N-dealkylation sites (tertiary alicyclic amines) is 1. The van der Waals surface area contributed by atoms with Gasteiger partial charge in [0.15, 0.2) is 0 Å². The van der Waals surface area contributed by atoms with Gasteiger partial charge in [0.25, 0.3) is 0 Å². The highest BCUT2D eigenvalue weighted by atomic mass is 19.1. The molecular formula is C18H23FN4O2. The molecule has 1 aliphatic rings. The van der Waals surface area contributed by atoms with Gasteiger partial charge < -0.3 is 15.3 Å². The molecule has 134 valence electrons. The van der Waals surface area contributed by atoms with E-state index in [0.29, 0.717) is 6.42 Å². The van der Waals surface area contributed by atoms with Crippen LogP contribution in [0.5, 0.6) is 0 Å². The number of rotatable bonds is 5. The second-order valence-electron chi connectivity index (χ2n) is 6.51. The minimum Gasteiger partial charge on any atom is -0.387 e. The van der Waals surface area contributed by atoms with Gasteiger partial charge in [-0.1, -0.05) is 18.2 Å². The van der Waals surface area contributed by atoms with Crippen molar-refractivity contribution in [1.82, 2.24) is 20.0 Å². The lowest BCUT2D eigenvalue weighted by atomic mass is 10.00. The predicted octanol–water partition coefficient (Wildman–Crippen LogP) is 1.46. The monoisotopic (exact) mass is 346 g/mol. The van der Waals surface area contributed by atoms with Gasteiger partial charge in [-0.05, 0) is 13.0 Å². The molecule has 1 aliphatic heterocycles. The van der Waals surface area contributed by atoms with Crippen molar-refractivity contribution in [2.45, 2.75) is 31.5 Å². The average molecular weight is 346 g/mol. The maximum atomic E-state index is 13.8. The third-order valence-corrected chi connectivity index (χ3v) is 5.02. The highest BCUT2D eigenvalue weighted by Gasteiger charge is 2.40. The van der Waals surface area contributed by atoms with E-state index >= 15 is 0 Å². The number of likely N-dealkylation sites (N-methyl/N-ethyl adjacent to an activating group) is 1. The van der Waals surface area contributed by atoms with Crippen molar-refractivity contribution >= 4 is 5.91 Å². The van der Waals surface area contributed by atoms with Crippen LogP contribution in [0.2, 0.25) is 0 Å². The van der Waals surface area contributed by atoms with Crippen LogP contribution in [-0.4, -0.2) is 45.3 Å². The van der Waals surface area contributed by atoms with E-state index in [0.717, 1.165) is 11.3 Å². The predicted molar refractivity (Wildman–Crippen MR) is 91.2 cm³/mol. The molecule has 1 aromatic carbocycles. The Kier molecular flexibility index (Phi) is 4.87. The molecule has 3 rings (SSSR count). The molecule has 2 aromatic rings. The van der Waals surface area contributed by atoms with Gasteiger partial charge in [-0.15, -0.1) is 0 Å². The topological polar surface area (TPSA) is 70.4 Å². The molecule has 25 heavy (non-hydrogen) atoms. The molecule has 3 atom stereocenters. The molecule has 0 aliphatic carbocycles. The van der Waals surface area contributed by atoms with Crippen molar-refractivity contribution in [3.63, 3.8) is 0 Å². The highest BCUT2D eigenvalue weighted by molar-refractivity contribution is 5.80. The van der Waals surface area contributed by atoms with Crippen molar-refractivity contribution in [2.75, 3.05) is 13.6 Å². The lowest BCUT2D eigenvalue weighted by molar-refractivity contribution is -0.127. The molecule has 1 amide bonds. The Balaban J connectivity index is 1.75. The summed E-state index contributed by atoms with van der Waals surface area (Å²) in [5, 5.41) is 17.8. The second-order valence-corrected chi connectivity index (χ2v) is 6.51. The first kappa shape index (κ1) is 17.6. The van der Waals surface area contributed by atoms with Crippen LogP contribution in [0.3, 0.4) is 0 Å². The molecular weight excluding hydrogens is 323 g/mol. The smallest absolute Gasteiger partial charge is 0.224 e. The Morgan fingerprint density at radius 1 is 1.40 bits per heavy atom. The number of carbonyl (C=O) groups is 1. The van der Waals surface area contributed by atoms with Gasteiger partial charge in [-0.25, -0.2) is 4.39 Å². The van der Waals surface area contributed by atoms with Crippen molar-refractivity contribution in [1.29, 1.82) is 0 Å². The molecule has 7 heteroatoms. The standard InChI is InChI=1S/C18H23FN4O2/c1-11-13(9-21-23(11)3)18-15(8-17(25)22(18)2)20-10-16(24)12-6-4-5-7-14(12)19/h4-7,9,15-16,18,20,24H,8,10H2,1-3H3/t15-,16-,18+/m1/s1. The van der Waals surface area contributed by atoms with Gasteiger partial charge in [-0.2, -0.15) is 5.10 Å². The summed E-state index contributed by atoms with van der Waals surface area (Å²) in [6, 6.07) is 5.85.